The van der Waals surface area contributed by atoms with Gasteiger partial charge in [-0.3, -0.25) is 4.79 Å². The van der Waals surface area contributed by atoms with Crippen molar-refractivity contribution in [3.63, 3.8) is 0 Å². The zero-order valence-electron chi connectivity index (χ0n) is 15.6. The maximum absolute atomic E-state index is 12.1. The number of nitrogens with zero attached hydrogens (tertiary/aromatic N) is 3. The third-order valence-corrected chi connectivity index (χ3v) is 4.38. The van der Waals surface area contributed by atoms with Gasteiger partial charge in [0.25, 0.3) is 5.91 Å². The SMILES string of the molecule is CCCCn1c(O)c(N=NC(=O)CNc2cccc(C)c2)c2ccccc21. The first-order chi connectivity index (χ1) is 13.1. The van der Waals surface area contributed by atoms with Gasteiger partial charge in [-0.25, -0.2) is 0 Å². The van der Waals surface area contributed by atoms with Crippen LogP contribution in [0.4, 0.5) is 11.4 Å². The quantitative estimate of drug-likeness (QED) is 0.567. The summed E-state index contributed by atoms with van der Waals surface area (Å²) in [5, 5.41) is 22.2. The Balaban J connectivity index is 1.77. The van der Waals surface area contributed by atoms with Crippen LogP contribution in [0.5, 0.6) is 5.88 Å². The van der Waals surface area contributed by atoms with E-state index < -0.39 is 5.91 Å². The second-order valence-corrected chi connectivity index (χ2v) is 6.51. The minimum Gasteiger partial charge on any atom is -0.493 e. The standard InChI is InChI=1S/C21H24N4O2/c1-3-4-12-25-18-11-6-5-10-17(18)20(21(25)27)24-23-19(26)14-22-16-9-7-8-15(2)13-16/h5-11,13,22,27H,3-4,12,14H2,1-2H3. The number of aromatic nitrogens is 1. The van der Waals surface area contributed by atoms with E-state index in [1.807, 2.05) is 60.0 Å². The van der Waals surface area contributed by atoms with Crippen LogP contribution >= 0.6 is 0 Å². The van der Waals surface area contributed by atoms with E-state index in [0.717, 1.165) is 35.0 Å². The lowest BCUT2D eigenvalue weighted by Gasteiger charge is -2.05. The molecule has 0 aliphatic heterocycles. The molecule has 3 rings (SSSR count). The first kappa shape index (κ1) is 18.6. The number of azo groups is 1. The molecule has 3 aromatic rings. The number of rotatable bonds is 7. The van der Waals surface area contributed by atoms with Gasteiger partial charge < -0.3 is 15.0 Å². The van der Waals surface area contributed by atoms with Crippen LogP contribution in [-0.2, 0) is 11.3 Å². The number of carbonyl (C=O) groups is 1. The third-order valence-electron chi connectivity index (χ3n) is 4.38. The lowest BCUT2D eigenvalue weighted by molar-refractivity contribution is -0.116. The molecule has 0 atom stereocenters. The summed E-state index contributed by atoms with van der Waals surface area (Å²) in [5.74, 6) is -0.353. The van der Waals surface area contributed by atoms with Crippen LogP contribution in [0.2, 0.25) is 0 Å². The predicted molar refractivity (Wildman–Crippen MR) is 108 cm³/mol. The summed E-state index contributed by atoms with van der Waals surface area (Å²) in [6.07, 6.45) is 1.97. The van der Waals surface area contributed by atoms with Crippen LogP contribution in [0, 0.1) is 6.92 Å². The van der Waals surface area contributed by atoms with Crippen LogP contribution in [0.15, 0.2) is 58.8 Å². The molecule has 140 valence electrons. The van der Waals surface area contributed by atoms with Gasteiger partial charge in [0.1, 0.15) is 0 Å². The average molecular weight is 364 g/mol. The summed E-state index contributed by atoms with van der Waals surface area (Å²) < 4.78 is 1.82. The largest absolute Gasteiger partial charge is 0.493 e. The van der Waals surface area contributed by atoms with Gasteiger partial charge in [-0.15, -0.1) is 10.2 Å². The molecular weight excluding hydrogens is 340 g/mol. The van der Waals surface area contributed by atoms with Gasteiger partial charge in [0.15, 0.2) is 5.69 Å². The molecule has 2 aromatic carbocycles. The smallest absolute Gasteiger partial charge is 0.283 e. The van der Waals surface area contributed by atoms with Gasteiger partial charge in [-0.1, -0.05) is 43.7 Å². The Hall–Kier alpha value is -3.15. The van der Waals surface area contributed by atoms with Crippen molar-refractivity contribution in [1.29, 1.82) is 0 Å². The highest BCUT2D eigenvalue weighted by atomic mass is 16.3. The lowest BCUT2D eigenvalue weighted by atomic mass is 10.2. The van der Waals surface area contributed by atoms with E-state index in [2.05, 4.69) is 22.5 Å². The van der Waals surface area contributed by atoms with Gasteiger partial charge in [-0.05, 0) is 37.1 Å². The second-order valence-electron chi connectivity index (χ2n) is 6.51. The third kappa shape index (κ3) is 4.34. The summed E-state index contributed by atoms with van der Waals surface area (Å²) >= 11 is 0. The highest BCUT2D eigenvalue weighted by Gasteiger charge is 2.16. The second kappa shape index (κ2) is 8.49. The molecule has 2 N–H and O–H groups in total. The monoisotopic (exact) mass is 364 g/mol. The van der Waals surface area contributed by atoms with Gasteiger partial charge in [-0.2, -0.15) is 0 Å². The summed E-state index contributed by atoms with van der Waals surface area (Å²) in [4.78, 5) is 12.1. The van der Waals surface area contributed by atoms with E-state index in [1.165, 1.54) is 0 Å². The van der Waals surface area contributed by atoms with E-state index >= 15 is 0 Å². The zero-order valence-corrected chi connectivity index (χ0v) is 15.6. The Morgan fingerprint density at radius 1 is 1.19 bits per heavy atom. The normalized spacial score (nSPS) is 11.3. The van der Waals surface area contributed by atoms with Crippen LogP contribution < -0.4 is 5.32 Å². The van der Waals surface area contributed by atoms with Crippen molar-refractivity contribution < 1.29 is 9.90 Å². The number of benzene rings is 2. The Labute approximate surface area is 158 Å². The fraction of sp³-hybridized carbons (Fsp3) is 0.286. The molecule has 27 heavy (non-hydrogen) atoms. The molecule has 1 aromatic heterocycles. The number of unbranched alkanes of at least 4 members (excludes halogenated alkanes) is 1. The molecule has 6 heteroatoms. The van der Waals surface area contributed by atoms with E-state index in [9.17, 15) is 9.90 Å². The molecule has 0 spiro atoms. The van der Waals surface area contributed by atoms with Gasteiger partial charge in [0.2, 0.25) is 5.88 Å². The molecule has 0 aliphatic carbocycles. The Morgan fingerprint density at radius 3 is 2.78 bits per heavy atom. The number of aromatic hydroxyl groups is 1. The maximum Gasteiger partial charge on any atom is 0.283 e. The number of carbonyl (C=O) groups excluding carboxylic acids is 1. The van der Waals surface area contributed by atoms with Crippen LogP contribution in [0.25, 0.3) is 10.9 Å². The van der Waals surface area contributed by atoms with Crippen molar-refractivity contribution >= 4 is 28.2 Å². The number of hydrogen-bond acceptors (Lipinski definition) is 4. The van der Waals surface area contributed by atoms with Crippen LogP contribution in [-0.4, -0.2) is 22.1 Å². The van der Waals surface area contributed by atoms with Crippen molar-refractivity contribution in [2.75, 3.05) is 11.9 Å². The molecule has 0 fully saturated rings. The number of fused-ring (bicyclic) bond motifs is 1. The molecule has 6 nitrogen and oxygen atoms in total. The van der Waals surface area contributed by atoms with E-state index in [0.29, 0.717) is 12.2 Å². The van der Waals surface area contributed by atoms with Gasteiger partial charge in [0, 0.05) is 17.6 Å². The lowest BCUT2D eigenvalue weighted by Crippen LogP contribution is -2.10. The van der Waals surface area contributed by atoms with E-state index in [4.69, 9.17) is 0 Å². The summed E-state index contributed by atoms with van der Waals surface area (Å²) in [5.41, 5.74) is 3.20. The minimum atomic E-state index is -0.402. The molecule has 0 saturated heterocycles. The maximum atomic E-state index is 12.1. The van der Waals surface area contributed by atoms with Gasteiger partial charge >= 0.3 is 0 Å². The van der Waals surface area contributed by atoms with Gasteiger partial charge in [0.05, 0.1) is 12.1 Å². The van der Waals surface area contributed by atoms with Crippen molar-refractivity contribution in [1.82, 2.24) is 4.57 Å². The fourth-order valence-corrected chi connectivity index (χ4v) is 2.99. The van der Waals surface area contributed by atoms with Crippen LogP contribution in [0.3, 0.4) is 0 Å². The number of hydrogen-bond donors (Lipinski definition) is 2. The topological polar surface area (TPSA) is 79.0 Å². The van der Waals surface area contributed by atoms with E-state index in [-0.39, 0.29) is 12.4 Å². The molecular formula is C21H24N4O2. The number of nitrogens with one attached hydrogen (secondary N) is 1. The number of para-hydroxylation sites is 1. The molecule has 0 aliphatic rings. The number of aryl methyl sites for hydroxylation is 2. The summed E-state index contributed by atoms with van der Waals surface area (Å²) in [6.45, 7) is 4.83. The summed E-state index contributed by atoms with van der Waals surface area (Å²) in [6, 6.07) is 15.4. The number of amides is 1. The van der Waals surface area contributed by atoms with Crippen molar-refractivity contribution in [3.05, 3.63) is 54.1 Å². The summed E-state index contributed by atoms with van der Waals surface area (Å²) in [7, 11) is 0. The first-order valence-corrected chi connectivity index (χ1v) is 9.15. The number of anilines is 1. The Morgan fingerprint density at radius 2 is 2.00 bits per heavy atom. The van der Waals surface area contributed by atoms with Crippen molar-refractivity contribution in [2.24, 2.45) is 10.2 Å². The predicted octanol–water partition coefficient (Wildman–Crippen LogP) is 5.18. The van der Waals surface area contributed by atoms with Crippen molar-refractivity contribution in [2.45, 2.75) is 33.2 Å². The molecule has 1 amide bonds. The minimum absolute atomic E-state index is 0.0438. The fourth-order valence-electron chi connectivity index (χ4n) is 2.99. The highest BCUT2D eigenvalue weighted by Crippen LogP contribution is 2.38. The first-order valence-electron chi connectivity index (χ1n) is 9.15. The van der Waals surface area contributed by atoms with Crippen LogP contribution in [0.1, 0.15) is 25.3 Å². The van der Waals surface area contributed by atoms with Crippen molar-refractivity contribution in [3.8, 4) is 5.88 Å². The molecule has 0 unspecified atom stereocenters. The molecule has 0 radical (unpaired) electrons. The molecule has 0 saturated carbocycles. The zero-order chi connectivity index (χ0) is 19.2. The average Bonchev–Trinajstić information content (AvgIpc) is 2.94. The Bertz CT molecular complexity index is 975. The molecule has 1 heterocycles. The Kier molecular flexibility index (Phi) is 5.86. The highest BCUT2D eigenvalue weighted by molar-refractivity contribution is 5.95. The van der Waals surface area contributed by atoms with E-state index in [1.54, 1.807) is 0 Å². The molecule has 0 bridgehead atoms.